The van der Waals surface area contributed by atoms with Crippen LogP contribution < -0.4 is 5.32 Å². The first-order valence-electron chi connectivity index (χ1n) is 9.39. The van der Waals surface area contributed by atoms with Gasteiger partial charge in [-0.15, -0.1) is 0 Å². The Balaban J connectivity index is 1.60. The van der Waals surface area contributed by atoms with Crippen molar-refractivity contribution in [2.24, 2.45) is 11.8 Å². The molecular formula is C24H20BrNO. The van der Waals surface area contributed by atoms with E-state index in [1.807, 2.05) is 24.3 Å². The number of amides is 1. The molecule has 3 aliphatic rings. The molecule has 0 fully saturated rings. The molecule has 2 bridgehead atoms. The second-order valence-corrected chi connectivity index (χ2v) is 8.51. The normalized spacial score (nSPS) is 24.8. The highest BCUT2D eigenvalue weighted by Crippen LogP contribution is 2.58. The topological polar surface area (TPSA) is 29.1 Å². The van der Waals surface area contributed by atoms with Gasteiger partial charge in [0.1, 0.15) is 0 Å². The molecule has 0 saturated carbocycles. The molecule has 0 saturated heterocycles. The molecule has 6 rings (SSSR count). The zero-order valence-electron chi connectivity index (χ0n) is 15.0. The van der Waals surface area contributed by atoms with Crippen LogP contribution in [0.4, 0.5) is 5.69 Å². The van der Waals surface area contributed by atoms with Crippen LogP contribution in [0, 0.1) is 11.8 Å². The van der Waals surface area contributed by atoms with Crippen molar-refractivity contribution in [1.82, 2.24) is 0 Å². The lowest BCUT2D eigenvalue weighted by atomic mass is 9.54. The van der Waals surface area contributed by atoms with Gasteiger partial charge < -0.3 is 5.32 Å². The van der Waals surface area contributed by atoms with Crippen LogP contribution in [-0.2, 0) is 4.79 Å². The molecule has 2 nitrogen and oxygen atoms in total. The summed E-state index contributed by atoms with van der Waals surface area (Å²) in [6.07, 6.45) is 0. The third-order valence-corrected chi connectivity index (χ3v) is 6.67. The predicted octanol–water partition coefficient (Wildman–Crippen LogP) is 5.93. The summed E-state index contributed by atoms with van der Waals surface area (Å²) in [5.41, 5.74) is 6.24. The lowest BCUT2D eigenvalue weighted by molar-refractivity contribution is -0.122. The molecule has 3 aromatic rings. The predicted molar refractivity (Wildman–Crippen MR) is 112 cm³/mol. The van der Waals surface area contributed by atoms with E-state index in [4.69, 9.17) is 0 Å². The number of carbonyl (C=O) groups is 1. The molecule has 0 spiro atoms. The van der Waals surface area contributed by atoms with Gasteiger partial charge in [-0.25, -0.2) is 0 Å². The number of halogens is 1. The van der Waals surface area contributed by atoms with E-state index in [9.17, 15) is 4.79 Å². The number of anilines is 1. The van der Waals surface area contributed by atoms with Crippen molar-refractivity contribution in [3.63, 3.8) is 0 Å². The van der Waals surface area contributed by atoms with Gasteiger partial charge >= 0.3 is 0 Å². The Kier molecular flexibility index (Phi) is 3.94. The molecule has 0 aliphatic heterocycles. The van der Waals surface area contributed by atoms with Gasteiger partial charge in [0.2, 0.25) is 5.91 Å². The highest BCUT2D eigenvalue weighted by Gasteiger charge is 2.50. The molecular weight excluding hydrogens is 398 g/mol. The molecule has 0 aromatic heterocycles. The molecule has 3 heteroatoms. The van der Waals surface area contributed by atoms with Gasteiger partial charge in [-0.2, -0.15) is 0 Å². The second kappa shape index (κ2) is 6.35. The Morgan fingerprint density at radius 3 is 1.93 bits per heavy atom. The average molecular weight is 418 g/mol. The molecule has 0 radical (unpaired) electrons. The highest BCUT2D eigenvalue weighted by molar-refractivity contribution is 9.10. The summed E-state index contributed by atoms with van der Waals surface area (Å²) < 4.78 is 0.967. The van der Waals surface area contributed by atoms with Crippen LogP contribution in [0.3, 0.4) is 0 Å². The minimum Gasteiger partial charge on any atom is -0.326 e. The fraction of sp³-hybridized carbons (Fsp3) is 0.208. The number of nitrogens with one attached hydrogen (secondary N) is 1. The molecule has 3 aromatic carbocycles. The summed E-state index contributed by atoms with van der Waals surface area (Å²) in [5, 5.41) is 3.16. The molecule has 2 atom stereocenters. The monoisotopic (exact) mass is 417 g/mol. The minimum atomic E-state index is -0.0706. The zero-order chi connectivity index (χ0) is 18.5. The maximum atomic E-state index is 13.4. The summed E-state index contributed by atoms with van der Waals surface area (Å²) in [4.78, 5) is 13.4. The number of hydrogen-bond donors (Lipinski definition) is 1. The van der Waals surface area contributed by atoms with Crippen LogP contribution in [0.25, 0.3) is 0 Å². The first kappa shape index (κ1) is 16.8. The van der Waals surface area contributed by atoms with Crippen LogP contribution in [0.1, 0.15) is 41.0 Å². The van der Waals surface area contributed by atoms with Crippen LogP contribution in [0.2, 0.25) is 0 Å². The van der Waals surface area contributed by atoms with Gasteiger partial charge in [0.15, 0.2) is 0 Å². The Labute approximate surface area is 167 Å². The van der Waals surface area contributed by atoms with Crippen LogP contribution >= 0.6 is 15.9 Å². The quantitative estimate of drug-likeness (QED) is 0.549. The Bertz CT molecular complexity index is 996. The third kappa shape index (κ3) is 2.56. The standard InChI is InChI=1S/C24H20BrNO/c1-14-21-17-9-2-4-11-19(17)23(20-12-5-3-10-18(20)21)22(14)24(27)26-16-8-6-7-15(25)13-16/h2-14,21-23H,1H3,(H,26,27)/t14-,21?,22+,23?/m0/s1. The number of hydrogen-bond acceptors (Lipinski definition) is 1. The number of carbonyl (C=O) groups excluding carboxylic acids is 1. The first-order chi connectivity index (χ1) is 13.1. The SMILES string of the molecule is C[C@H]1C2c3ccccc3C(c3ccccc32)[C@@H]1C(=O)Nc1cccc(Br)c1. The number of fused-ring (bicyclic) bond motifs is 1. The lowest BCUT2D eigenvalue weighted by Crippen LogP contribution is -2.44. The van der Waals surface area contributed by atoms with E-state index in [0.717, 1.165) is 10.2 Å². The summed E-state index contributed by atoms with van der Waals surface area (Å²) in [6.45, 7) is 2.23. The van der Waals surface area contributed by atoms with Crippen molar-refractivity contribution in [2.75, 3.05) is 5.32 Å². The van der Waals surface area contributed by atoms with Crippen molar-refractivity contribution >= 4 is 27.5 Å². The third-order valence-electron chi connectivity index (χ3n) is 6.18. The maximum absolute atomic E-state index is 13.4. The smallest absolute Gasteiger partial charge is 0.228 e. The van der Waals surface area contributed by atoms with Crippen molar-refractivity contribution in [2.45, 2.75) is 18.8 Å². The Morgan fingerprint density at radius 2 is 1.37 bits per heavy atom. The van der Waals surface area contributed by atoms with E-state index in [0.29, 0.717) is 0 Å². The fourth-order valence-corrected chi connectivity index (χ4v) is 5.54. The minimum absolute atomic E-state index is 0.0706. The van der Waals surface area contributed by atoms with Crippen molar-refractivity contribution in [3.8, 4) is 0 Å². The van der Waals surface area contributed by atoms with E-state index in [2.05, 4.69) is 76.7 Å². The van der Waals surface area contributed by atoms with Gasteiger partial charge in [0.25, 0.3) is 0 Å². The van der Waals surface area contributed by atoms with Crippen LogP contribution in [-0.4, -0.2) is 5.91 Å². The molecule has 0 unspecified atom stereocenters. The Morgan fingerprint density at radius 1 is 0.815 bits per heavy atom. The molecule has 0 heterocycles. The van der Waals surface area contributed by atoms with E-state index >= 15 is 0 Å². The van der Waals surface area contributed by atoms with E-state index in [1.165, 1.54) is 22.3 Å². The summed E-state index contributed by atoms with van der Waals surface area (Å²) >= 11 is 3.48. The van der Waals surface area contributed by atoms with E-state index < -0.39 is 0 Å². The van der Waals surface area contributed by atoms with Gasteiger partial charge in [-0.1, -0.05) is 77.5 Å². The second-order valence-electron chi connectivity index (χ2n) is 7.60. The number of benzene rings is 3. The van der Waals surface area contributed by atoms with Crippen molar-refractivity contribution in [1.29, 1.82) is 0 Å². The van der Waals surface area contributed by atoms with E-state index in [1.54, 1.807) is 0 Å². The fourth-order valence-electron chi connectivity index (χ4n) is 5.14. The largest absolute Gasteiger partial charge is 0.326 e. The van der Waals surface area contributed by atoms with Gasteiger partial charge in [0.05, 0.1) is 5.92 Å². The average Bonchev–Trinajstić information content (AvgIpc) is 2.68. The number of rotatable bonds is 2. The van der Waals surface area contributed by atoms with Gasteiger partial charge in [-0.05, 0) is 46.4 Å². The lowest BCUT2D eigenvalue weighted by Gasteiger charge is -2.49. The molecule has 1 amide bonds. The van der Waals surface area contributed by atoms with E-state index in [-0.39, 0.29) is 29.6 Å². The van der Waals surface area contributed by atoms with Crippen molar-refractivity contribution in [3.05, 3.63) is 99.5 Å². The first-order valence-corrected chi connectivity index (χ1v) is 10.2. The highest BCUT2D eigenvalue weighted by atomic mass is 79.9. The molecule has 134 valence electrons. The molecule has 27 heavy (non-hydrogen) atoms. The molecule has 3 aliphatic carbocycles. The Hall–Kier alpha value is -2.39. The van der Waals surface area contributed by atoms with Gasteiger partial charge in [-0.3, -0.25) is 4.79 Å². The zero-order valence-corrected chi connectivity index (χ0v) is 16.6. The maximum Gasteiger partial charge on any atom is 0.228 e. The molecule has 1 N–H and O–H groups in total. The van der Waals surface area contributed by atoms with Crippen molar-refractivity contribution < 1.29 is 4.79 Å². The summed E-state index contributed by atoms with van der Waals surface area (Å²) in [5.74, 6) is 0.690. The van der Waals surface area contributed by atoms with Crippen LogP contribution in [0.5, 0.6) is 0 Å². The van der Waals surface area contributed by atoms with Gasteiger partial charge in [0, 0.05) is 22.0 Å². The summed E-state index contributed by atoms with van der Waals surface area (Å²) in [6, 6.07) is 25.1. The van der Waals surface area contributed by atoms with Crippen LogP contribution in [0.15, 0.2) is 77.3 Å². The summed E-state index contributed by atoms with van der Waals surface area (Å²) in [7, 11) is 0.